The Balaban J connectivity index is 1.53. The van der Waals surface area contributed by atoms with Crippen molar-refractivity contribution in [1.82, 2.24) is 18.8 Å². The Morgan fingerprint density at radius 1 is 1.07 bits per heavy atom. The number of nitrogens with zero attached hydrogens (tertiary/aromatic N) is 3. The Labute approximate surface area is 178 Å². The molecule has 2 heterocycles. The van der Waals surface area contributed by atoms with Crippen LogP contribution in [0.2, 0.25) is 0 Å². The van der Waals surface area contributed by atoms with Crippen LogP contribution in [0.15, 0.2) is 30.3 Å². The number of hydrogen-bond acceptors (Lipinski definition) is 5. The van der Waals surface area contributed by atoms with Crippen molar-refractivity contribution >= 4 is 22.2 Å². The minimum Gasteiger partial charge on any atom is -0.450 e. The summed E-state index contributed by atoms with van der Waals surface area (Å²) in [6, 6.07) is 9.62. The Kier molecular flexibility index (Phi) is 7.68. The van der Waals surface area contributed by atoms with Crippen molar-refractivity contribution in [3.05, 3.63) is 35.9 Å². The van der Waals surface area contributed by atoms with E-state index in [1.54, 1.807) is 6.92 Å². The maximum Gasteiger partial charge on any atom is 0.409 e. The van der Waals surface area contributed by atoms with Crippen molar-refractivity contribution in [2.75, 3.05) is 45.9 Å². The van der Waals surface area contributed by atoms with E-state index in [0.29, 0.717) is 45.6 Å². The highest BCUT2D eigenvalue weighted by Gasteiger charge is 2.37. The third-order valence-corrected chi connectivity index (χ3v) is 7.48. The van der Waals surface area contributed by atoms with Crippen molar-refractivity contribution in [3.63, 3.8) is 0 Å². The molecular weight excluding hydrogens is 408 g/mol. The lowest BCUT2D eigenvalue weighted by molar-refractivity contribution is -0.126. The van der Waals surface area contributed by atoms with Gasteiger partial charge in [0.25, 0.3) is 10.2 Å². The Hall–Kier alpha value is -2.17. The van der Waals surface area contributed by atoms with Crippen molar-refractivity contribution in [1.29, 1.82) is 0 Å². The Bertz CT molecular complexity index is 825. The fourth-order valence-corrected chi connectivity index (χ4v) is 5.45. The summed E-state index contributed by atoms with van der Waals surface area (Å²) in [5.74, 6) is -0.482. The van der Waals surface area contributed by atoms with Gasteiger partial charge in [0.15, 0.2) is 0 Å². The minimum atomic E-state index is -3.67. The summed E-state index contributed by atoms with van der Waals surface area (Å²) in [5.41, 5.74) is 1.01. The summed E-state index contributed by atoms with van der Waals surface area (Å²) >= 11 is 0. The summed E-state index contributed by atoms with van der Waals surface area (Å²) in [5, 5.41) is 2.92. The molecule has 0 radical (unpaired) electrons. The van der Waals surface area contributed by atoms with Crippen LogP contribution in [0.3, 0.4) is 0 Å². The first-order chi connectivity index (χ1) is 14.4. The monoisotopic (exact) mass is 438 g/mol. The maximum atomic E-state index is 13.1. The van der Waals surface area contributed by atoms with Gasteiger partial charge in [0, 0.05) is 45.8 Å². The van der Waals surface area contributed by atoms with E-state index in [1.807, 2.05) is 30.3 Å². The van der Waals surface area contributed by atoms with Gasteiger partial charge in [-0.05, 0) is 25.3 Å². The lowest BCUT2D eigenvalue weighted by atomic mass is 9.99. The molecule has 0 aromatic heterocycles. The predicted octanol–water partition coefficient (Wildman–Crippen LogP) is 1.03. The van der Waals surface area contributed by atoms with Crippen LogP contribution >= 0.6 is 0 Å². The molecule has 2 aliphatic rings. The zero-order valence-electron chi connectivity index (χ0n) is 17.3. The van der Waals surface area contributed by atoms with Crippen LogP contribution in [0.25, 0.3) is 0 Å². The standard InChI is InChI=1S/C20H30N4O5S/c1-2-29-20(26)22-11-13-23(14-12-22)30(27,28)24-10-6-9-18(16-24)19(25)21-15-17-7-4-3-5-8-17/h3-5,7-8,18H,2,6,9-16H2,1H3,(H,21,25)/t18-/m1/s1. The number of ether oxygens (including phenoxy) is 1. The van der Waals surface area contributed by atoms with Crippen LogP contribution in [0.5, 0.6) is 0 Å². The number of carbonyl (C=O) groups is 2. The summed E-state index contributed by atoms with van der Waals surface area (Å²) in [7, 11) is -3.67. The van der Waals surface area contributed by atoms with Crippen LogP contribution in [-0.4, -0.2) is 79.8 Å². The predicted molar refractivity (Wildman–Crippen MR) is 112 cm³/mol. The molecule has 0 spiro atoms. The van der Waals surface area contributed by atoms with Gasteiger partial charge in [-0.25, -0.2) is 4.79 Å². The molecule has 1 atom stereocenters. The molecular formula is C20H30N4O5S. The summed E-state index contributed by atoms with van der Waals surface area (Å²) in [6.45, 7) is 4.09. The number of piperidine rings is 1. The van der Waals surface area contributed by atoms with E-state index in [1.165, 1.54) is 13.5 Å². The van der Waals surface area contributed by atoms with Gasteiger partial charge < -0.3 is 15.0 Å². The summed E-state index contributed by atoms with van der Waals surface area (Å²) in [4.78, 5) is 25.9. The molecule has 2 amide bonds. The molecule has 3 rings (SSSR count). The van der Waals surface area contributed by atoms with Crippen molar-refractivity contribution in [3.8, 4) is 0 Å². The van der Waals surface area contributed by atoms with E-state index in [-0.39, 0.29) is 31.5 Å². The van der Waals surface area contributed by atoms with Crippen LogP contribution < -0.4 is 5.32 Å². The lowest BCUT2D eigenvalue weighted by Crippen LogP contribution is -2.56. The number of rotatable bonds is 6. The molecule has 0 unspecified atom stereocenters. The number of amides is 2. The van der Waals surface area contributed by atoms with Crippen LogP contribution in [-0.2, 0) is 26.3 Å². The minimum absolute atomic E-state index is 0.120. The van der Waals surface area contributed by atoms with Crippen LogP contribution in [0, 0.1) is 5.92 Å². The maximum absolute atomic E-state index is 13.1. The highest BCUT2D eigenvalue weighted by Crippen LogP contribution is 2.22. The average Bonchev–Trinajstić information content (AvgIpc) is 2.78. The number of hydrogen-bond donors (Lipinski definition) is 1. The number of piperazine rings is 1. The first-order valence-corrected chi connectivity index (χ1v) is 11.8. The van der Waals surface area contributed by atoms with E-state index in [4.69, 9.17) is 4.74 Å². The highest BCUT2D eigenvalue weighted by molar-refractivity contribution is 7.86. The van der Waals surface area contributed by atoms with Crippen molar-refractivity contribution in [2.24, 2.45) is 5.92 Å². The molecule has 166 valence electrons. The molecule has 2 fully saturated rings. The zero-order chi connectivity index (χ0) is 21.6. The SMILES string of the molecule is CCOC(=O)N1CCN(S(=O)(=O)N2CCC[C@@H](C(=O)NCc3ccccc3)C2)CC1. The fraction of sp³-hybridized carbons (Fsp3) is 0.600. The van der Waals surface area contributed by atoms with Gasteiger partial charge in [0.05, 0.1) is 12.5 Å². The molecule has 10 heteroatoms. The van der Waals surface area contributed by atoms with Crippen molar-refractivity contribution < 1.29 is 22.7 Å². The Morgan fingerprint density at radius 3 is 2.43 bits per heavy atom. The van der Waals surface area contributed by atoms with Gasteiger partial charge >= 0.3 is 6.09 Å². The molecule has 30 heavy (non-hydrogen) atoms. The van der Waals surface area contributed by atoms with E-state index in [2.05, 4.69) is 5.32 Å². The van der Waals surface area contributed by atoms with Gasteiger partial charge in [-0.3, -0.25) is 4.79 Å². The topological polar surface area (TPSA) is 99.3 Å². The van der Waals surface area contributed by atoms with Gasteiger partial charge in [-0.15, -0.1) is 0 Å². The summed E-state index contributed by atoms with van der Waals surface area (Å²) < 4.78 is 33.9. The second-order valence-corrected chi connectivity index (χ2v) is 9.42. The molecule has 1 aromatic rings. The number of nitrogens with one attached hydrogen (secondary N) is 1. The smallest absolute Gasteiger partial charge is 0.409 e. The van der Waals surface area contributed by atoms with Crippen LogP contribution in [0.4, 0.5) is 4.79 Å². The third-order valence-electron chi connectivity index (χ3n) is 5.48. The summed E-state index contributed by atoms with van der Waals surface area (Å²) in [6.07, 6.45) is 0.900. The van der Waals surface area contributed by atoms with E-state index >= 15 is 0 Å². The highest BCUT2D eigenvalue weighted by atomic mass is 32.2. The van der Waals surface area contributed by atoms with Gasteiger partial charge in [-0.1, -0.05) is 30.3 Å². The molecule has 2 aliphatic heterocycles. The Morgan fingerprint density at radius 2 is 1.77 bits per heavy atom. The molecule has 0 saturated carbocycles. The molecule has 9 nitrogen and oxygen atoms in total. The molecule has 2 saturated heterocycles. The van der Waals surface area contributed by atoms with Gasteiger partial charge in [0.2, 0.25) is 5.91 Å². The number of carbonyl (C=O) groups excluding carboxylic acids is 2. The van der Waals surface area contributed by atoms with Gasteiger partial charge in [-0.2, -0.15) is 17.0 Å². The first-order valence-electron chi connectivity index (χ1n) is 10.4. The second-order valence-electron chi connectivity index (χ2n) is 7.49. The molecule has 1 aromatic carbocycles. The van der Waals surface area contributed by atoms with Gasteiger partial charge in [0.1, 0.15) is 0 Å². The van der Waals surface area contributed by atoms with E-state index in [0.717, 1.165) is 5.56 Å². The van der Waals surface area contributed by atoms with E-state index in [9.17, 15) is 18.0 Å². The second kappa shape index (κ2) is 10.2. The largest absolute Gasteiger partial charge is 0.450 e. The average molecular weight is 439 g/mol. The molecule has 0 bridgehead atoms. The number of benzene rings is 1. The molecule has 0 aliphatic carbocycles. The third kappa shape index (κ3) is 5.50. The lowest BCUT2D eigenvalue weighted by Gasteiger charge is -2.38. The van der Waals surface area contributed by atoms with E-state index < -0.39 is 16.3 Å². The first kappa shape index (κ1) is 22.5. The fourth-order valence-electron chi connectivity index (χ4n) is 3.77. The zero-order valence-corrected chi connectivity index (χ0v) is 18.1. The van der Waals surface area contributed by atoms with Crippen LogP contribution in [0.1, 0.15) is 25.3 Å². The molecule has 1 N–H and O–H groups in total. The van der Waals surface area contributed by atoms with Crippen molar-refractivity contribution in [2.45, 2.75) is 26.3 Å². The quantitative estimate of drug-likeness (QED) is 0.715. The normalized spacial score (nSPS) is 21.2.